The topological polar surface area (TPSA) is 71.6 Å². The van der Waals surface area contributed by atoms with Crippen molar-refractivity contribution in [3.63, 3.8) is 0 Å². The van der Waals surface area contributed by atoms with Crippen LogP contribution < -0.4 is 0 Å². The first-order chi connectivity index (χ1) is 14.4. The molecule has 1 aromatic heterocycles. The van der Waals surface area contributed by atoms with Gasteiger partial charge in [0, 0.05) is 31.7 Å². The van der Waals surface area contributed by atoms with E-state index in [0.717, 1.165) is 28.1 Å². The number of piperazine rings is 1. The zero-order valence-corrected chi connectivity index (χ0v) is 17.4. The van der Waals surface area contributed by atoms with Crippen molar-refractivity contribution in [2.75, 3.05) is 26.2 Å². The highest BCUT2D eigenvalue weighted by Gasteiger charge is 2.33. The zero-order valence-electron chi connectivity index (χ0n) is 15.7. The monoisotopic (exact) mass is 452 g/mol. The third-order valence-corrected chi connectivity index (χ3v) is 7.05. The van der Waals surface area contributed by atoms with Gasteiger partial charge in [-0.05, 0) is 36.5 Å². The summed E-state index contributed by atoms with van der Waals surface area (Å²) in [5, 5.41) is 4.39. The summed E-state index contributed by atoms with van der Waals surface area (Å²) in [6.07, 6.45) is 0. The molecule has 4 rings (SSSR count). The molecule has 1 aliphatic rings. The lowest BCUT2D eigenvalue weighted by Gasteiger charge is -2.33. The van der Waals surface area contributed by atoms with E-state index in [0.29, 0.717) is 25.6 Å². The summed E-state index contributed by atoms with van der Waals surface area (Å²) in [6.45, 7) is 1.20. The third-order valence-electron chi connectivity index (χ3n) is 4.81. The van der Waals surface area contributed by atoms with Gasteiger partial charge in [0.1, 0.15) is 11.6 Å². The first-order valence-corrected chi connectivity index (χ1v) is 11.0. The van der Waals surface area contributed by atoms with Crippen molar-refractivity contribution in [2.45, 2.75) is 11.6 Å². The second kappa shape index (κ2) is 8.34. The molecule has 0 spiro atoms. The molecule has 7 nitrogen and oxygen atoms in total. The number of hydrogen-bond acceptors (Lipinski definition) is 6. The van der Waals surface area contributed by atoms with E-state index in [1.807, 2.05) is 35.2 Å². The molecule has 2 heterocycles. The first-order valence-electron chi connectivity index (χ1n) is 9.16. The Bertz CT molecular complexity index is 1180. The molecule has 3 aromatic rings. The van der Waals surface area contributed by atoms with E-state index in [1.165, 1.54) is 4.68 Å². The number of benzene rings is 2. The van der Waals surface area contributed by atoms with E-state index in [2.05, 4.69) is 5.10 Å². The molecule has 0 radical (unpaired) electrons. The Balaban J connectivity index is 1.45. The predicted molar refractivity (Wildman–Crippen MR) is 107 cm³/mol. The molecular formula is C19H18F2N4O3S2. The zero-order chi connectivity index (χ0) is 21.3. The summed E-state index contributed by atoms with van der Waals surface area (Å²) in [7, 11) is -4.26. The van der Waals surface area contributed by atoms with Crippen LogP contribution in [0.5, 0.6) is 0 Å². The van der Waals surface area contributed by atoms with Crippen LogP contribution in [0.25, 0.3) is 11.5 Å². The average molecular weight is 453 g/mol. The van der Waals surface area contributed by atoms with Gasteiger partial charge in [0.05, 0.1) is 6.67 Å². The Morgan fingerprint density at radius 2 is 1.60 bits per heavy atom. The summed E-state index contributed by atoms with van der Waals surface area (Å²) in [4.78, 5) is 1.23. The van der Waals surface area contributed by atoms with Crippen LogP contribution in [0, 0.1) is 16.5 Å². The fraction of sp³-hybridized carbons (Fsp3) is 0.263. The summed E-state index contributed by atoms with van der Waals surface area (Å²) in [5.74, 6) is -1.80. The summed E-state index contributed by atoms with van der Waals surface area (Å²) in [6, 6.07) is 12.3. The molecule has 11 heteroatoms. The van der Waals surface area contributed by atoms with Crippen molar-refractivity contribution in [1.29, 1.82) is 0 Å². The lowest BCUT2D eigenvalue weighted by atomic mass is 10.2. The smallest absolute Gasteiger partial charge is 0.288 e. The van der Waals surface area contributed by atoms with Crippen molar-refractivity contribution in [1.82, 2.24) is 19.0 Å². The van der Waals surface area contributed by atoms with Crippen LogP contribution in [0.15, 0.2) is 57.8 Å². The quantitative estimate of drug-likeness (QED) is 0.554. The fourth-order valence-corrected chi connectivity index (χ4v) is 4.96. The number of nitrogens with zero attached hydrogens (tertiary/aromatic N) is 4. The van der Waals surface area contributed by atoms with Crippen molar-refractivity contribution in [3.05, 3.63) is 65.0 Å². The van der Waals surface area contributed by atoms with Crippen LogP contribution in [-0.4, -0.2) is 53.6 Å². The molecule has 0 unspecified atom stereocenters. The van der Waals surface area contributed by atoms with Gasteiger partial charge in [-0.3, -0.25) is 4.90 Å². The van der Waals surface area contributed by atoms with Gasteiger partial charge >= 0.3 is 0 Å². The molecule has 158 valence electrons. The molecule has 0 amide bonds. The summed E-state index contributed by atoms with van der Waals surface area (Å²) >= 11 is 5.23. The summed E-state index contributed by atoms with van der Waals surface area (Å²) in [5.41, 5.74) is 0.796. The Hall–Kier alpha value is -2.47. The fourth-order valence-electron chi connectivity index (χ4n) is 3.25. The van der Waals surface area contributed by atoms with E-state index in [-0.39, 0.29) is 17.9 Å². The molecule has 0 bridgehead atoms. The first kappa shape index (κ1) is 20.8. The van der Waals surface area contributed by atoms with Gasteiger partial charge in [0.15, 0.2) is 4.90 Å². The minimum atomic E-state index is -4.26. The van der Waals surface area contributed by atoms with Crippen molar-refractivity contribution in [2.24, 2.45) is 0 Å². The van der Waals surface area contributed by atoms with Gasteiger partial charge in [0.2, 0.25) is 15.9 Å². The lowest BCUT2D eigenvalue weighted by Crippen LogP contribution is -2.49. The molecule has 1 aliphatic heterocycles. The van der Waals surface area contributed by atoms with E-state index >= 15 is 0 Å². The van der Waals surface area contributed by atoms with Crippen LogP contribution in [0.2, 0.25) is 0 Å². The number of halogens is 2. The number of sulfonamides is 1. The molecule has 30 heavy (non-hydrogen) atoms. The number of rotatable bonds is 5. The van der Waals surface area contributed by atoms with Crippen LogP contribution in [0.1, 0.15) is 0 Å². The van der Waals surface area contributed by atoms with Gasteiger partial charge in [-0.1, -0.05) is 24.3 Å². The second-order valence-corrected chi connectivity index (χ2v) is 8.98. The van der Waals surface area contributed by atoms with Crippen molar-refractivity contribution < 1.29 is 21.6 Å². The summed E-state index contributed by atoms with van der Waals surface area (Å²) < 4.78 is 61.5. The highest BCUT2D eigenvalue weighted by molar-refractivity contribution is 7.89. The molecule has 1 saturated heterocycles. The highest BCUT2D eigenvalue weighted by Crippen LogP contribution is 2.24. The van der Waals surface area contributed by atoms with E-state index < -0.39 is 26.6 Å². The van der Waals surface area contributed by atoms with Gasteiger partial charge in [-0.2, -0.15) is 4.31 Å². The SMILES string of the molecule is O=S(=O)(c1c(F)cccc1F)N1CCN(Cn2nc(-c3ccccc3)oc2=S)CC1. The molecule has 0 aliphatic carbocycles. The van der Waals surface area contributed by atoms with Gasteiger partial charge in [0.25, 0.3) is 4.84 Å². The standard InChI is InChI=1S/C19H18F2N4O3S2/c20-15-7-4-8-16(21)17(15)30(26,27)24-11-9-23(10-12-24)13-25-19(29)28-18(22-25)14-5-2-1-3-6-14/h1-8H,9-13H2. The Labute approximate surface area is 177 Å². The average Bonchev–Trinajstić information content (AvgIpc) is 3.09. The Kier molecular flexibility index (Phi) is 5.78. The third kappa shape index (κ3) is 4.06. The van der Waals surface area contributed by atoms with E-state index in [4.69, 9.17) is 16.6 Å². The largest absolute Gasteiger partial charge is 0.409 e. The molecule has 0 N–H and O–H groups in total. The van der Waals surface area contributed by atoms with Crippen LogP contribution in [0.4, 0.5) is 8.78 Å². The number of aromatic nitrogens is 2. The molecule has 1 fully saturated rings. The second-order valence-electron chi connectivity index (χ2n) is 6.75. The normalized spacial score (nSPS) is 16.1. The molecule has 0 atom stereocenters. The number of hydrogen-bond donors (Lipinski definition) is 0. The van der Waals surface area contributed by atoms with Gasteiger partial charge in [-0.15, -0.1) is 5.10 Å². The minimum absolute atomic E-state index is 0.0901. The molecular weight excluding hydrogens is 434 g/mol. The van der Waals surface area contributed by atoms with Crippen LogP contribution >= 0.6 is 12.2 Å². The van der Waals surface area contributed by atoms with Gasteiger partial charge < -0.3 is 4.42 Å². The predicted octanol–water partition coefficient (Wildman–Crippen LogP) is 3.11. The van der Waals surface area contributed by atoms with Crippen LogP contribution in [-0.2, 0) is 16.7 Å². The van der Waals surface area contributed by atoms with Gasteiger partial charge in [-0.25, -0.2) is 21.9 Å². The maximum atomic E-state index is 14.0. The maximum Gasteiger partial charge on any atom is 0.288 e. The molecule has 0 saturated carbocycles. The highest BCUT2D eigenvalue weighted by atomic mass is 32.2. The molecule has 2 aromatic carbocycles. The van der Waals surface area contributed by atoms with Crippen molar-refractivity contribution in [3.8, 4) is 11.5 Å². The van der Waals surface area contributed by atoms with Crippen molar-refractivity contribution >= 4 is 22.2 Å². The Morgan fingerprint density at radius 1 is 0.967 bits per heavy atom. The Morgan fingerprint density at radius 3 is 2.23 bits per heavy atom. The minimum Gasteiger partial charge on any atom is -0.409 e. The van der Waals surface area contributed by atoms with Crippen LogP contribution in [0.3, 0.4) is 0 Å². The van der Waals surface area contributed by atoms with E-state index in [9.17, 15) is 17.2 Å². The lowest BCUT2D eigenvalue weighted by molar-refractivity contribution is 0.143. The maximum absolute atomic E-state index is 14.0. The van der Waals surface area contributed by atoms with E-state index in [1.54, 1.807) is 0 Å².